The van der Waals surface area contributed by atoms with Crippen molar-refractivity contribution < 1.29 is 58.8 Å². The summed E-state index contributed by atoms with van der Waals surface area (Å²) in [4.78, 5) is 95.5. The Hall–Kier alpha value is -6.33. The van der Waals surface area contributed by atoms with Crippen LogP contribution in [0.2, 0.25) is 0 Å². The summed E-state index contributed by atoms with van der Waals surface area (Å²) in [5, 5.41) is 4.30. The topological polar surface area (TPSA) is 175 Å². The molecule has 3 aliphatic carbocycles. The Morgan fingerprint density at radius 2 is 0.852 bits per heavy atom. The van der Waals surface area contributed by atoms with Crippen LogP contribution in [0.15, 0.2) is 134 Å². The van der Waals surface area contributed by atoms with Gasteiger partial charge in [0.05, 0.1) is 11.2 Å². The Morgan fingerprint density at radius 1 is 0.481 bits per heavy atom. The Kier molecular flexibility index (Phi) is 55.4. The third kappa shape index (κ3) is 59.5. The number of carbonyl (C=O) groups excluding carboxylic acids is 8. The molecule has 2 heterocycles. The summed E-state index contributed by atoms with van der Waals surface area (Å²) >= 11 is 0. The predicted octanol–water partition coefficient (Wildman–Crippen LogP) is 24.6. The molecule has 0 unspecified atom stereocenters. The van der Waals surface area contributed by atoms with Gasteiger partial charge in [0.1, 0.15) is 5.82 Å². The Bertz CT molecular complexity index is 3280. The largest absolute Gasteiger partial charge is 0.339 e. The Morgan fingerprint density at radius 3 is 1.03 bits per heavy atom. The number of likely N-dealkylation sites (N-methyl/N-ethyl adjacent to an activating group) is 1. The van der Waals surface area contributed by atoms with Gasteiger partial charge in [-0.1, -0.05) is 249 Å². The fourth-order valence-electron chi connectivity index (χ4n) is 7.52. The number of hydrogen-bond donors (Lipinski definition) is 0. The van der Waals surface area contributed by atoms with E-state index in [0.29, 0.717) is 22.8 Å². The quantitative estimate of drug-likeness (QED) is 0.119. The van der Waals surface area contributed by atoms with E-state index >= 15 is 0 Å². The number of rotatable bonds is 11. The summed E-state index contributed by atoms with van der Waals surface area (Å²) in [6.45, 7) is 89.6. The van der Waals surface area contributed by atoms with E-state index in [-0.39, 0.29) is 104 Å². The zero-order valence-electron chi connectivity index (χ0n) is 76.2. The molecular formula is C94H160N5O8Re-. The maximum atomic E-state index is 11.8. The van der Waals surface area contributed by atoms with Crippen molar-refractivity contribution in [1.82, 2.24) is 24.2 Å². The second kappa shape index (κ2) is 52.0. The van der Waals surface area contributed by atoms with Crippen LogP contribution in [0, 0.1) is 55.7 Å². The number of nitrogens with zero attached hydrogens (tertiary/aromatic N) is 5. The predicted molar refractivity (Wildman–Crippen MR) is 463 cm³/mol. The smallest absolute Gasteiger partial charge is 0.163 e. The van der Waals surface area contributed by atoms with E-state index in [9.17, 15) is 38.4 Å². The third-order valence-corrected chi connectivity index (χ3v) is 15.2. The van der Waals surface area contributed by atoms with Gasteiger partial charge < -0.3 is 21.2 Å². The normalized spacial score (nSPS) is 13.6. The SMILES string of the molecule is C/C=C/C(=O)C(C)(C)C.C=CC(=O)C(C)(C)C.C=CC(C)(C)C.C=Cc1ccn(C(C)(C)C)n1.C=Cc1nccn1C(C)(C)C.CC(C)(C)C(=O)C1=CCC1.CC(C)(C)C(=O)C1=CCCC1.CC(C)(C)C(=O)C1=CCCCC1.CC(C)=CC(=O)C(C)(C)C.CN(C)C/C=C/C(=O)C(C)(C)C.[CH2-]C(=O)C(C)(C)C.[Re]. The molecule has 0 N–H and O–H groups in total. The molecule has 1 radical (unpaired) electrons. The molecule has 0 atom stereocenters. The van der Waals surface area contributed by atoms with Gasteiger partial charge in [0.15, 0.2) is 40.5 Å². The van der Waals surface area contributed by atoms with E-state index < -0.39 is 0 Å². The summed E-state index contributed by atoms with van der Waals surface area (Å²) in [6, 6.07) is 1.96. The zero-order chi connectivity index (χ0) is 86.1. The van der Waals surface area contributed by atoms with Gasteiger partial charge in [0.2, 0.25) is 0 Å². The summed E-state index contributed by atoms with van der Waals surface area (Å²) in [5.74, 6) is 2.57. The Labute approximate surface area is 677 Å². The van der Waals surface area contributed by atoms with Gasteiger partial charge in [0.25, 0.3) is 0 Å². The molecule has 0 spiro atoms. The number of Topliss-reactive ketones (excluding diaryl/α,β-unsaturated/α-hetero) is 4. The van der Waals surface area contributed by atoms with Crippen LogP contribution < -0.4 is 0 Å². The molecule has 2 aromatic heterocycles. The molecule has 0 aromatic carbocycles. The van der Waals surface area contributed by atoms with Crippen molar-refractivity contribution in [3.63, 3.8) is 0 Å². The number of hydrogen-bond acceptors (Lipinski definition) is 11. The second-order valence-electron chi connectivity index (χ2n) is 39.0. The summed E-state index contributed by atoms with van der Waals surface area (Å²) in [5.41, 5.74) is 3.89. The van der Waals surface area contributed by atoms with Gasteiger partial charge in [-0.25, -0.2) is 4.98 Å². The van der Waals surface area contributed by atoms with Crippen LogP contribution in [-0.2, 0) is 69.9 Å². The number of imidazole rings is 1. The summed E-state index contributed by atoms with van der Waals surface area (Å²) in [6.07, 6.45) is 37.3. The van der Waals surface area contributed by atoms with Crippen LogP contribution in [-0.4, -0.2) is 91.1 Å². The van der Waals surface area contributed by atoms with Gasteiger partial charge in [-0.15, -0.1) is 6.58 Å². The molecule has 5 rings (SSSR count). The minimum absolute atomic E-state index is 0. The van der Waals surface area contributed by atoms with E-state index in [1.54, 1.807) is 42.7 Å². The molecule has 0 bridgehead atoms. The first-order chi connectivity index (χ1) is 47.8. The van der Waals surface area contributed by atoms with Crippen molar-refractivity contribution >= 4 is 58.4 Å². The van der Waals surface area contributed by atoms with E-state index in [0.717, 1.165) is 85.3 Å². The van der Waals surface area contributed by atoms with Gasteiger partial charge in [0, 0.05) is 94.8 Å². The molecule has 617 valence electrons. The van der Waals surface area contributed by atoms with Crippen LogP contribution in [0.25, 0.3) is 12.2 Å². The molecule has 3 aliphatic rings. The summed E-state index contributed by atoms with van der Waals surface area (Å²) < 4.78 is 4.03. The van der Waals surface area contributed by atoms with E-state index in [4.69, 9.17) is 0 Å². The van der Waals surface area contributed by atoms with Crippen LogP contribution >= 0.6 is 0 Å². The maximum Gasteiger partial charge on any atom is 0.163 e. The number of carbonyl (C=O) groups is 8. The molecule has 13 nitrogen and oxygen atoms in total. The van der Waals surface area contributed by atoms with Crippen molar-refractivity contribution in [1.29, 1.82) is 0 Å². The molecule has 0 fully saturated rings. The Balaban J connectivity index is -0.000000209. The van der Waals surface area contributed by atoms with Gasteiger partial charge >= 0.3 is 0 Å². The van der Waals surface area contributed by atoms with Crippen LogP contribution in [0.3, 0.4) is 0 Å². The van der Waals surface area contributed by atoms with E-state index in [1.807, 2.05) is 247 Å². The second-order valence-corrected chi connectivity index (χ2v) is 39.0. The number of ketones is 8. The minimum Gasteiger partial charge on any atom is -0.339 e. The zero-order valence-corrected chi connectivity index (χ0v) is 78.9. The van der Waals surface area contributed by atoms with Crippen molar-refractivity contribution in [3.05, 3.63) is 152 Å². The maximum absolute atomic E-state index is 11.8. The molecular weight excluding hydrogens is 1510 g/mol. The first kappa shape index (κ1) is 115. The van der Waals surface area contributed by atoms with Crippen molar-refractivity contribution in [3.8, 4) is 0 Å². The van der Waals surface area contributed by atoms with E-state index in [1.165, 1.54) is 18.9 Å². The molecule has 14 heteroatoms. The van der Waals surface area contributed by atoms with Gasteiger partial charge in [-0.05, 0) is 204 Å². The molecule has 2 aromatic rings. The van der Waals surface area contributed by atoms with Crippen LogP contribution in [0.1, 0.15) is 319 Å². The standard InChI is InChI=1S/C11H18O.C10H19NO.C10H16O.2C9H14N2.C9H14O.C9H16O.C8H14O.C7H12O.C6H11O.C6H12.Re/c1-11(2,3)10(12)9-7-5-4-6-8-9;1-10(2,3)9(12)7-6-8-11(4)5;1-10(2,3)9(11)8-6-4-5-7-8;1-5-8-10-6-7-11(8)9(2,3)4;1-5-8-6-7-11(10-8)9(2,3)4;1-9(2,3)8(10)7-5-4-6-7;1-7(2)6-8(10)9(3,4)5;1-5-6-7(9)8(2,3)4;1-5-6(8)7(2,3)4;1-5(7)6(2,3)4;1-5-6(2,3)4;/h7H,4-6,8H2,1-3H3;6-7H,8H2,1-5H3;6H,4-5,7H2,1-3H3;2*5-7H,1H2,2-4H3;5H,4,6H2,1-3H3;6H,1-5H3;5-6H,1-4H3;5H,1H2,2-4H3;1H2,2-4H3;5H,1H2,2-4H3;/q;;;;;;;;;-1;;/b;7-6+;;;;;;6-5+;;;;. The molecule has 0 aliphatic heterocycles. The van der Waals surface area contributed by atoms with E-state index in [2.05, 4.69) is 122 Å². The monoisotopic (exact) mass is 1670 g/mol. The number of aromatic nitrogens is 4. The van der Waals surface area contributed by atoms with Gasteiger partial charge in [-0.3, -0.25) is 38.2 Å². The summed E-state index contributed by atoms with van der Waals surface area (Å²) in [7, 11) is 3.96. The first-order valence-corrected chi connectivity index (χ1v) is 38.2. The third-order valence-electron chi connectivity index (χ3n) is 15.2. The molecule has 0 amide bonds. The average molecular weight is 1670 g/mol. The number of allylic oxidation sites excluding steroid dienone is 13. The van der Waals surface area contributed by atoms with Crippen molar-refractivity contribution in [2.75, 3.05) is 20.6 Å². The van der Waals surface area contributed by atoms with Gasteiger partial charge in [-0.2, -0.15) is 5.10 Å². The fraction of sp³-hybridized carbons (Fsp3) is 0.628. The van der Waals surface area contributed by atoms with Crippen molar-refractivity contribution in [2.45, 2.75) is 318 Å². The molecule has 108 heavy (non-hydrogen) atoms. The van der Waals surface area contributed by atoms with Crippen LogP contribution in [0.5, 0.6) is 0 Å². The minimum atomic E-state index is -0.250. The first-order valence-electron chi connectivity index (χ1n) is 38.2. The molecule has 0 saturated carbocycles. The van der Waals surface area contributed by atoms with Crippen molar-refractivity contribution in [2.24, 2.45) is 48.7 Å². The van der Waals surface area contributed by atoms with Crippen LogP contribution in [0.4, 0.5) is 0 Å². The average Bonchev–Trinajstić information content (AvgIpc) is 1.31. The fourth-order valence-corrected chi connectivity index (χ4v) is 7.52. The molecule has 0 saturated heterocycles.